The van der Waals surface area contributed by atoms with Crippen molar-refractivity contribution in [3.05, 3.63) is 83.9 Å². The Morgan fingerprint density at radius 2 is 1.50 bits per heavy atom. The van der Waals surface area contributed by atoms with Crippen LogP contribution in [0.25, 0.3) is 10.8 Å². The molecule has 266 valence electrons. The predicted molar refractivity (Wildman–Crippen MR) is 190 cm³/mol. The Labute approximate surface area is 294 Å². The molecule has 1 unspecified atom stereocenters. The number of nitrogens with one attached hydrogen (secondary N) is 1. The second-order valence-electron chi connectivity index (χ2n) is 14.0. The maximum absolute atomic E-state index is 13.5. The molecule has 1 aliphatic rings. The molecule has 0 aliphatic carbocycles. The summed E-state index contributed by atoms with van der Waals surface area (Å²) in [6, 6.07) is 21.9. The zero-order valence-electron chi connectivity index (χ0n) is 29.4. The molecule has 3 N–H and O–H groups in total. The minimum absolute atomic E-state index is 0.0509. The van der Waals surface area contributed by atoms with E-state index in [1.807, 2.05) is 93.6 Å². The monoisotopic (exact) mass is 683 g/mol. The number of amides is 3. The van der Waals surface area contributed by atoms with Gasteiger partial charge in [0.05, 0.1) is 18.4 Å². The number of carbonyl (C=O) groups excluding carboxylic acids is 6. The number of nitrogens with two attached hydrogens (primary N) is 1. The number of hydrogen-bond donors (Lipinski definition) is 2. The van der Waals surface area contributed by atoms with Crippen molar-refractivity contribution >= 4 is 46.0 Å². The van der Waals surface area contributed by atoms with Crippen molar-refractivity contribution in [3.8, 4) is 0 Å². The SMILES string of the molecule is CC[C@H](C)C(NC(=O)[C@@H](CC(=O)OCc1ccccc1)CC(C)C)C(=O)C(=O)N1CC(C(=O)C[C@@H](Cc2ccc3ccccc3c2)C(N)=O)C1. The van der Waals surface area contributed by atoms with Crippen molar-refractivity contribution in [1.29, 1.82) is 0 Å². The number of nitrogens with zero attached hydrogens (tertiary/aromatic N) is 1. The van der Waals surface area contributed by atoms with Crippen LogP contribution in [0.5, 0.6) is 0 Å². The van der Waals surface area contributed by atoms with Crippen LogP contribution in [0.4, 0.5) is 0 Å². The molecule has 4 atom stereocenters. The molecule has 0 spiro atoms. The average Bonchev–Trinajstić information content (AvgIpc) is 3.07. The number of fused-ring (bicyclic) bond motifs is 1. The standard InChI is InChI=1S/C40H49N3O7/c1-5-26(4)36(42-39(48)32(17-25(2)3)21-35(45)50-24-27-11-7-6-8-12-27)37(46)40(49)43-22-33(23-43)34(44)20-31(38(41)47)19-28-15-16-29-13-9-10-14-30(29)18-28/h6-16,18,25-26,31-33,36H,5,17,19-24H2,1-4H3,(H2,41,47)(H,42,48)/t26-,31+,32+,36?/m0/s1. The van der Waals surface area contributed by atoms with Crippen LogP contribution < -0.4 is 11.1 Å². The van der Waals surface area contributed by atoms with Crippen LogP contribution in [-0.4, -0.2) is 59.3 Å². The molecule has 10 nitrogen and oxygen atoms in total. The van der Waals surface area contributed by atoms with Crippen molar-refractivity contribution < 1.29 is 33.5 Å². The summed E-state index contributed by atoms with van der Waals surface area (Å²) in [5, 5.41) is 4.88. The van der Waals surface area contributed by atoms with Gasteiger partial charge in [0.25, 0.3) is 5.91 Å². The third-order valence-corrected chi connectivity index (χ3v) is 9.56. The first kappa shape index (κ1) is 38.0. The molecule has 0 radical (unpaired) electrons. The maximum Gasteiger partial charge on any atom is 0.306 e. The Morgan fingerprint density at radius 1 is 0.840 bits per heavy atom. The molecule has 1 heterocycles. The molecule has 0 bridgehead atoms. The van der Waals surface area contributed by atoms with Crippen molar-refractivity contribution in [1.82, 2.24) is 10.2 Å². The third kappa shape index (κ3) is 10.3. The maximum atomic E-state index is 13.5. The van der Waals surface area contributed by atoms with E-state index in [9.17, 15) is 28.8 Å². The van der Waals surface area contributed by atoms with Gasteiger partial charge in [-0.1, -0.05) is 107 Å². The lowest BCUT2D eigenvalue weighted by Gasteiger charge is -2.39. The number of likely N-dealkylation sites (tertiary alicyclic amines) is 1. The number of primary amides is 1. The van der Waals surface area contributed by atoms with Crippen molar-refractivity contribution in [2.75, 3.05) is 13.1 Å². The van der Waals surface area contributed by atoms with Gasteiger partial charge in [0.15, 0.2) is 0 Å². The highest BCUT2D eigenvalue weighted by atomic mass is 16.5. The molecule has 1 saturated heterocycles. The summed E-state index contributed by atoms with van der Waals surface area (Å²) in [6.07, 6.45) is 1.02. The fourth-order valence-electron chi connectivity index (χ4n) is 6.29. The molecule has 3 aromatic rings. The van der Waals surface area contributed by atoms with Crippen LogP contribution in [0.2, 0.25) is 0 Å². The Bertz CT molecular complexity index is 1680. The minimum Gasteiger partial charge on any atom is -0.461 e. The fraction of sp³-hybridized carbons (Fsp3) is 0.450. The average molecular weight is 684 g/mol. The topological polar surface area (TPSA) is 153 Å². The van der Waals surface area contributed by atoms with Gasteiger partial charge in [0, 0.05) is 31.3 Å². The van der Waals surface area contributed by atoms with Gasteiger partial charge < -0.3 is 20.7 Å². The molecule has 0 aromatic heterocycles. The van der Waals surface area contributed by atoms with E-state index in [1.165, 1.54) is 4.90 Å². The number of ether oxygens (including phenoxy) is 1. The van der Waals surface area contributed by atoms with Crippen LogP contribution >= 0.6 is 0 Å². The number of hydrogen-bond acceptors (Lipinski definition) is 7. The zero-order valence-corrected chi connectivity index (χ0v) is 29.4. The number of Topliss-reactive ketones (excluding diaryl/α,β-unsaturated/α-hetero) is 2. The summed E-state index contributed by atoms with van der Waals surface area (Å²) in [5.41, 5.74) is 7.41. The third-order valence-electron chi connectivity index (χ3n) is 9.56. The Morgan fingerprint density at radius 3 is 2.14 bits per heavy atom. The Hall–Kier alpha value is -4.86. The molecule has 50 heavy (non-hydrogen) atoms. The lowest BCUT2D eigenvalue weighted by molar-refractivity contribution is -0.153. The van der Waals surface area contributed by atoms with Crippen molar-refractivity contribution in [2.45, 2.75) is 72.4 Å². The zero-order chi connectivity index (χ0) is 36.4. The molecule has 0 saturated carbocycles. The molecule has 3 amide bonds. The van der Waals surface area contributed by atoms with Crippen molar-refractivity contribution in [3.63, 3.8) is 0 Å². The number of esters is 1. The highest BCUT2D eigenvalue weighted by Crippen LogP contribution is 2.25. The van der Waals surface area contributed by atoms with Crippen LogP contribution in [-0.2, 0) is 46.5 Å². The normalized spacial score (nSPS) is 15.4. The summed E-state index contributed by atoms with van der Waals surface area (Å²) in [4.78, 5) is 79.9. The van der Waals surface area contributed by atoms with Crippen LogP contribution in [0.15, 0.2) is 72.8 Å². The first-order valence-electron chi connectivity index (χ1n) is 17.5. The number of ketones is 2. The summed E-state index contributed by atoms with van der Waals surface area (Å²) in [6.45, 7) is 7.71. The molecule has 1 aliphatic heterocycles. The van der Waals surface area contributed by atoms with E-state index in [2.05, 4.69) is 5.32 Å². The second-order valence-corrected chi connectivity index (χ2v) is 14.0. The lowest BCUT2D eigenvalue weighted by atomic mass is 9.85. The highest BCUT2D eigenvalue weighted by Gasteiger charge is 2.42. The molecule has 1 fully saturated rings. The fourth-order valence-corrected chi connectivity index (χ4v) is 6.29. The van der Waals surface area contributed by atoms with E-state index in [0.717, 1.165) is 21.9 Å². The van der Waals surface area contributed by atoms with Gasteiger partial charge >= 0.3 is 5.97 Å². The second kappa shape index (κ2) is 17.7. The van der Waals surface area contributed by atoms with Gasteiger partial charge in [-0.05, 0) is 46.6 Å². The van der Waals surface area contributed by atoms with Crippen LogP contribution in [0.3, 0.4) is 0 Å². The van der Waals surface area contributed by atoms with E-state index < -0.39 is 53.3 Å². The predicted octanol–water partition coefficient (Wildman–Crippen LogP) is 4.80. The van der Waals surface area contributed by atoms with Gasteiger partial charge in [-0.3, -0.25) is 28.8 Å². The van der Waals surface area contributed by atoms with Gasteiger partial charge in [0.2, 0.25) is 17.6 Å². The molecular weight excluding hydrogens is 634 g/mol. The quantitative estimate of drug-likeness (QED) is 0.144. The van der Waals surface area contributed by atoms with E-state index in [4.69, 9.17) is 10.5 Å². The number of rotatable bonds is 18. The minimum atomic E-state index is -1.09. The van der Waals surface area contributed by atoms with Gasteiger partial charge in [0.1, 0.15) is 12.4 Å². The van der Waals surface area contributed by atoms with Gasteiger partial charge in [-0.15, -0.1) is 0 Å². The largest absolute Gasteiger partial charge is 0.461 e. The number of benzene rings is 3. The number of carbonyl (C=O) groups is 6. The smallest absolute Gasteiger partial charge is 0.306 e. The van der Waals surface area contributed by atoms with E-state index in [1.54, 1.807) is 6.92 Å². The summed E-state index contributed by atoms with van der Waals surface area (Å²) < 4.78 is 5.41. The highest BCUT2D eigenvalue weighted by molar-refractivity contribution is 6.38. The van der Waals surface area contributed by atoms with Gasteiger partial charge in [-0.2, -0.15) is 0 Å². The molecule has 4 rings (SSSR count). The first-order valence-corrected chi connectivity index (χ1v) is 17.5. The van der Waals surface area contributed by atoms with E-state index in [0.29, 0.717) is 19.3 Å². The Kier molecular flexibility index (Phi) is 13.4. The lowest BCUT2D eigenvalue weighted by Crippen LogP contribution is -2.59. The first-order chi connectivity index (χ1) is 23.9. The van der Waals surface area contributed by atoms with E-state index in [-0.39, 0.29) is 50.2 Å². The summed E-state index contributed by atoms with van der Waals surface area (Å²) in [5.74, 6) is -5.53. The van der Waals surface area contributed by atoms with Crippen LogP contribution in [0, 0.1) is 29.6 Å². The van der Waals surface area contributed by atoms with Crippen LogP contribution in [0.1, 0.15) is 64.5 Å². The van der Waals surface area contributed by atoms with Crippen molar-refractivity contribution in [2.24, 2.45) is 35.3 Å². The molecule has 3 aromatic carbocycles. The molecule has 10 heteroatoms. The Balaban J connectivity index is 1.33. The summed E-state index contributed by atoms with van der Waals surface area (Å²) >= 11 is 0. The van der Waals surface area contributed by atoms with Gasteiger partial charge in [-0.25, -0.2) is 0 Å². The molecular formula is C40H49N3O7. The van der Waals surface area contributed by atoms with E-state index >= 15 is 0 Å². The summed E-state index contributed by atoms with van der Waals surface area (Å²) in [7, 11) is 0.